The molecule has 100 valence electrons. The molecule has 0 aliphatic heterocycles. The molecule has 6 heteroatoms. The Labute approximate surface area is 115 Å². The van der Waals surface area contributed by atoms with Crippen LogP contribution in [0, 0.1) is 0 Å². The number of benzene rings is 1. The van der Waals surface area contributed by atoms with E-state index in [1.54, 1.807) is 31.2 Å². The van der Waals surface area contributed by atoms with Crippen LogP contribution < -0.4 is 14.9 Å². The van der Waals surface area contributed by atoms with Crippen LogP contribution in [0.4, 0.5) is 0 Å². The molecule has 0 unspecified atom stereocenters. The number of carbonyl (C=O) groups excluding carboxylic acids is 1. The van der Waals surface area contributed by atoms with Gasteiger partial charge in [-0.15, -0.1) is 0 Å². The van der Waals surface area contributed by atoms with Gasteiger partial charge < -0.3 is 9.47 Å². The zero-order valence-corrected chi connectivity index (χ0v) is 12.5. The molecule has 18 heavy (non-hydrogen) atoms. The number of hydrogen-bond donors (Lipinski definition) is 1. The molecule has 0 aliphatic carbocycles. The van der Waals surface area contributed by atoms with E-state index in [1.165, 1.54) is 7.11 Å². The monoisotopic (exact) mass is 316 g/mol. The van der Waals surface area contributed by atoms with Crippen molar-refractivity contribution in [1.29, 1.82) is 0 Å². The Morgan fingerprint density at radius 3 is 2.61 bits per heavy atom. The summed E-state index contributed by atoms with van der Waals surface area (Å²) < 4.78 is 11.4. The molecule has 0 fully saturated rings. The minimum Gasteiger partial charge on any atom is -0.493 e. The summed E-state index contributed by atoms with van der Waals surface area (Å²) in [6.45, 7) is 2.41. The molecule has 1 rings (SSSR count). The van der Waals surface area contributed by atoms with Gasteiger partial charge in [0.25, 0.3) is 5.91 Å². The van der Waals surface area contributed by atoms with Gasteiger partial charge in [-0.3, -0.25) is 10.2 Å². The standard InChI is InChI=1S/C12H17BrN2O3/c1-5-18-11-9(13)6-8(7-10(11)17-4)12(16)14-15(2)3/h6-7H,5H2,1-4H3,(H,14,16). The van der Waals surface area contributed by atoms with Gasteiger partial charge in [0.05, 0.1) is 18.2 Å². The number of carbonyl (C=O) groups is 1. The molecule has 5 nitrogen and oxygen atoms in total. The number of nitrogens with zero attached hydrogens (tertiary/aromatic N) is 1. The molecular weight excluding hydrogens is 300 g/mol. The van der Waals surface area contributed by atoms with Crippen molar-refractivity contribution in [1.82, 2.24) is 10.4 Å². The molecule has 0 spiro atoms. The third-order valence-electron chi connectivity index (χ3n) is 2.11. The fraction of sp³-hybridized carbons (Fsp3) is 0.417. The molecule has 0 bridgehead atoms. The van der Waals surface area contributed by atoms with Crippen molar-refractivity contribution in [3.8, 4) is 11.5 Å². The van der Waals surface area contributed by atoms with E-state index >= 15 is 0 Å². The van der Waals surface area contributed by atoms with Gasteiger partial charge in [0.1, 0.15) is 0 Å². The Balaban J connectivity index is 3.10. The fourth-order valence-corrected chi connectivity index (χ4v) is 1.96. The summed E-state index contributed by atoms with van der Waals surface area (Å²) in [6, 6.07) is 3.35. The zero-order chi connectivity index (χ0) is 13.7. The lowest BCUT2D eigenvalue weighted by Gasteiger charge is -2.15. The molecule has 1 aromatic rings. The van der Waals surface area contributed by atoms with Crippen molar-refractivity contribution in [3.05, 3.63) is 22.2 Å². The number of rotatable bonds is 5. The van der Waals surface area contributed by atoms with Gasteiger partial charge in [0, 0.05) is 19.7 Å². The summed E-state index contributed by atoms with van der Waals surface area (Å²) in [5, 5.41) is 1.58. The minimum atomic E-state index is -0.206. The first-order valence-electron chi connectivity index (χ1n) is 5.48. The van der Waals surface area contributed by atoms with E-state index in [-0.39, 0.29) is 5.91 Å². The first kappa shape index (κ1) is 14.8. The van der Waals surface area contributed by atoms with Crippen molar-refractivity contribution < 1.29 is 14.3 Å². The van der Waals surface area contributed by atoms with Gasteiger partial charge >= 0.3 is 0 Å². The lowest BCUT2D eigenvalue weighted by atomic mass is 10.2. The van der Waals surface area contributed by atoms with Crippen LogP contribution in [0.5, 0.6) is 11.5 Å². The predicted molar refractivity (Wildman–Crippen MR) is 73.0 cm³/mol. The highest BCUT2D eigenvalue weighted by Gasteiger charge is 2.15. The smallest absolute Gasteiger partial charge is 0.265 e. The molecular formula is C12H17BrN2O3. The number of halogens is 1. The van der Waals surface area contributed by atoms with Crippen molar-refractivity contribution in [2.75, 3.05) is 27.8 Å². The van der Waals surface area contributed by atoms with Gasteiger partial charge in [-0.05, 0) is 35.0 Å². The Morgan fingerprint density at radius 2 is 2.11 bits per heavy atom. The molecule has 0 heterocycles. The second-order valence-electron chi connectivity index (χ2n) is 3.76. The first-order valence-corrected chi connectivity index (χ1v) is 6.27. The predicted octanol–water partition coefficient (Wildman–Crippen LogP) is 2.06. The lowest BCUT2D eigenvalue weighted by molar-refractivity contribution is 0.0856. The van der Waals surface area contributed by atoms with Crippen LogP contribution >= 0.6 is 15.9 Å². The molecule has 1 aromatic carbocycles. The summed E-state index contributed by atoms with van der Waals surface area (Å²) in [5.74, 6) is 0.915. The molecule has 0 saturated carbocycles. The second kappa shape index (κ2) is 6.61. The van der Waals surface area contributed by atoms with Crippen LogP contribution in [0.2, 0.25) is 0 Å². The SMILES string of the molecule is CCOc1c(Br)cc(C(=O)NN(C)C)cc1OC. The van der Waals surface area contributed by atoms with E-state index < -0.39 is 0 Å². The quantitative estimate of drug-likeness (QED) is 0.845. The number of hydrogen-bond acceptors (Lipinski definition) is 4. The summed E-state index contributed by atoms with van der Waals surface area (Å²) >= 11 is 3.38. The normalized spacial score (nSPS) is 10.3. The molecule has 0 atom stereocenters. The summed E-state index contributed by atoms with van der Waals surface area (Å²) in [7, 11) is 5.04. The summed E-state index contributed by atoms with van der Waals surface area (Å²) in [4.78, 5) is 11.9. The van der Waals surface area contributed by atoms with Crippen LogP contribution in [0.3, 0.4) is 0 Å². The first-order chi connectivity index (χ1) is 8.49. The maximum absolute atomic E-state index is 11.9. The van der Waals surface area contributed by atoms with Crippen molar-refractivity contribution in [2.24, 2.45) is 0 Å². The number of amides is 1. The highest BCUT2D eigenvalue weighted by atomic mass is 79.9. The van der Waals surface area contributed by atoms with Crippen LogP contribution in [-0.2, 0) is 0 Å². The van der Waals surface area contributed by atoms with Gasteiger partial charge in [-0.1, -0.05) is 0 Å². The van der Waals surface area contributed by atoms with E-state index in [9.17, 15) is 4.79 Å². The molecule has 0 radical (unpaired) electrons. The highest BCUT2D eigenvalue weighted by molar-refractivity contribution is 9.10. The van der Waals surface area contributed by atoms with Crippen LogP contribution in [0.1, 0.15) is 17.3 Å². The van der Waals surface area contributed by atoms with Crippen LogP contribution in [-0.4, -0.2) is 38.7 Å². The van der Waals surface area contributed by atoms with E-state index in [4.69, 9.17) is 9.47 Å². The molecule has 0 aromatic heterocycles. The van der Waals surface area contributed by atoms with Gasteiger partial charge in [-0.2, -0.15) is 0 Å². The molecule has 1 amide bonds. The van der Waals surface area contributed by atoms with Crippen molar-refractivity contribution in [2.45, 2.75) is 6.92 Å². The summed E-state index contributed by atoms with van der Waals surface area (Å²) in [5.41, 5.74) is 3.16. The van der Waals surface area contributed by atoms with E-state index in [0.717, 1.165) is 0 Å². The number of ether oxygens (including phenoxy) is 2. The van der Waals surface area contributed by atoms with Crippen molar-refractivity contribution >= 4 is 21.8 Å². The van der Waals surface area contributed by atoms with Crippen LogP contribution in [0.15, 0.2) is 16.6 Å². The minimum absolute atomic E-state index is 0.206. The summed E-state index contributed by atoms with van der Waals surface area (Å²) in [6.07, 6.45) is 0. The van der Waals surface area contributed by atoms with Gasteiger partial charge in [0.2, 0.25) is 0 Å². The van der Waals surface area contributed by atoms with Gasteiger partial charge in [-0.25, -0.2) is 5.01 Å². The Hall–Kier alpha value is -1.27. The van der Waals surface area contributed by atoms with Crippen molar-refractivity contribution in [3.63, 3.8) is 0 Å². The number of nitrogens with one attached hydrogen (secondary N) is 1. The van der Waals surface area contributed by atoms with Gasteiger partial charge in [0.15, 0.2) is 11.5 Å². The maximum Gasteiger partial charge on any atom is 0.265 e. The topological polar surface area (TPSA) is 50.8 Å². The second-order valence-corrected chi connectivity index (χ2v) is 4.61. The van der Waals surface area contributed by atoms with E-state index in [1.807, 2.05) is 6.92 Å². The third kappa shape index (κ3) is 3.61. The van der Waals surface area contributed by atoms with E-state index in [0.29, 0.717) is 28.1 Å². The number of hydrazine groups is 1. The molecule has 0 saturated heterocycles. The Bertz CT molecular complexity index is 436. The fourth-order valence-electron chi connectivity index (χ4n) is 1.40. The molecule has 1 N–H and O–H groups in total. The van der Waals surface area contributed by atoms with E-state index in [2.05, 4.69) is 21.4 Å². The Morgan fingerprint density at radius 1 is 1.44 bits per heavy atom. The third-order valence-corrected chi connectivity index (χ3v) is 2.69. The average molecular weight is 317 g/mol. The number of methoxy groups -OCH3 is 1. The lowest BCUT2D eigenvalue weighted by Crippen LogP contribution is -2.36. The zero-order valence-electron chi connectivity index (χ0n) is 10.9. The average Bonchev–Trinajstić information content (AvgIpc) is 2.30. The van der Waals surface area contributed by atoms with Crippen LogP contribution in [0.25, 0.3) is 0 Å². The largest absolute Gasteiger partial charge is 0.493 e. The highest BCUT2D eigenvalue weighted by Crippen LogP contribution is 2.36. The Kier molecular flexibility index (Phi) is 5.43. The maximum atomic E-state index is 11.9. The molecule has 0 aliphatic rings.